The second kappa shape index (κ2) is 8.22. The topological polar surface area (TPSA) is 155 Å². The number of hydrazone groups is 1. The molecule has 0 atom stereocenters. The number of amides is 1. The third-order valence-electron chi connectivity index (χ3n) is 4.77. The Hall–Kier alpha value is -3.54. The van der Waals surface area contributed by atoms with Gasteiger partial charge in [-0.05, 0) is 48.6 Å². The molecule has 0 bridgehead atoms. The van der Waals surface area contributed by atoms with E-state index in [1.54, 1.807) is 6.07 Å². The smallest absolute Gasteiger partial charge is 0.294 e. The molecule has 1 aliphatic rings. The van der Waals surface area contributed by atoms with Crippen LogP contribution in [0.1, 0.15) is 47.0 Å². The lowest BCUT2D eigenvalue weighted by Gasteiger charge is -2.23. The van der Waals surface area contributed by atoms with E-state index in [4.69, 9.17) is 10.2 Å². The van der Waals surface area contributed by atoms with Crippen molar-refractivity contribution in [1.29, 1.82) is 0 Å². The van der Waals surface area contributed by atoms with Gasteiger partial charge < -0.3 is 15.1 Å². The SMILES string of the molecule is Cc1ccc(/C=N\NC(=O)c2nnn(-c3nonc3N)c2C[NH+]2CCCCC2)o1. The van der Waals surface area contributed by atoms with Crippen LogP contribution in [-0.4, -0.2) is 50.5 Å². The maximum Gasteiger partial charge on any atom is 0.294 e. The van der Waals surface area contributed by atoms with Crippen LogP contribution in [0, 0.1) is 6.92 Å². The molecule has 1 saturated heterocycles. The Labute approximate surface area is 165 Å². The van der Waals surface area contributed by atoms with Gasteiger partial charge in [-0.2, -0.15) is 9.78 Å². The van der Waals surface area contributed by atoms with Gasteiger partial charge in [0.25, 0.3) is 5.91 Å². The average molecular weight is 400 g/mol. The minimum absolute atomic E-state index is 0.0722. The summed E-state index contributed by atoms with van der Waals surface area (Å²) in [6, 6.07) is 3.57. The first-order chi connectivity index (χ1) is 14.1. The number of furan rings is 1. The third kappa shape index (κ3) is 4.16. The molecule has 1 aliphatic heterocycles. The number of carbonyl (C=O) groups is 1. The molecule has 0 unspecified atom stereocenters. The number of rotatable bonds is 6. The van der Waals surface area contributed by atoms with Gasteiger partial charge in [0.15, 0.2) is 5.69 Å². The number of nitrogens with one attached hydrogen (secondary N) is 2. The number of carbonyl (C=O) groups excluding carboxylic acids is 1. The van der Waals surface area contributed by atoms with E-state index in [1.165, 1.54) is 22.2 Å². The van der Waals surface area contributed by atoms with E-state index in [-0.39, 0.29) is 17.3 Å². The van der Waals surface area contributed by atoms with Crippen molar-refractivity contribution in [2.45, 2.75) is 32.7 Å². The molecule has 0 spiro atoms. The highest BCUT2D eigenvalue weighted by molar-refractivity contribution is 5.94. The van der Waals surface area contributed by atoms with Gasteiger partial charge in [-0.25, -0.2) is 10.1 Å². The highest BCUT2D eigenvalue weighted by Gasteiger charge is 2.27. The number of quaternary nitrogens is 1. The highest BCUT2D eigenvalue weighted by atomic mass is 16.6. The average Bonchev–Trinajstić information content (AvgIpc) is 3.43. The van der Waals surface area contributed by atoms with Crippen molar-refractivity contribution in [3.05, 3.63) is 35.0 Å². The molecule has 1 amide bonds. The predicted octanol–water partition coefficient (Wildman–Crippen LogP) is -0.533. The molecule has 4 N–H and O–H groups in total. The minimum Gasteiger partial charge on any atom is -0.460 e. The summed E-state index contributed by atoms with van der Waals surface area (Å²) in [5.41, 5.74) is 9.00. The minimum atomic E-state index is -0.489. The van der Waals surface area contributed by atoms with Gasteiger partial charge in [-0.3, -0.25) is 4.79 Å². The first-order valence-corrected chi connectivity index (χ1v) is 9.38. The van der Waals surface area contributed by atoms with Gasteiger partial charge in [0.1, 0.15) is 23.8 Å². The van der Waals surface area contributed by atoms with E-state index in [9.17, 15) is 4.79 Å². The fraction of sp³-hybridized carbons (Fsp3) is 0.412. The van der Waals surface area contributed by atoms with Crippen LogP contribution in [0.25, 0.3) is 5.82 Å². The first kappa shape index (κ1) is 18.8. The second-order valence-corrected chi connectivity index (χ2v) is 6.90. The van der Waals surface area contributed by atoms with Gasteiger partial charge in [0, 0.05) is 0 Å². The lowest BCUT2D eigenvalue weighted by molar-refractivity contribution is -0.918. The summed E-state index contributed by atoms with van der Waals surface area (Å²) in [7, 11) is 0. The largest absolute Gasteiger partial charge is 0.460 e. The Kier molecular flexibility index (Phi) is 5.33. The third-order valence-corrected chi connectivity index (χ3v) is 4.77. The molecule has 152 valence electrons. The van der Waals surface area contributed by atoms with Crippen LogP contribution in [0.4, 0.5) is 5.82 Å². The number of piperidine rings is 1. The first-order valence-electron chi connectivity index (χ1n) is 9.38. The van der Waals surface area contributed by atoms with E-state index >= 15 is 0 Å². The van der Waals surface area contributed by atoms with Crippen molar-refractivity contribution < 1.29 is 18.7 Å². The van der Waals surface area contributed by atoms with Crippen molar-refractivity contribution in [2.24, 2.45) is 5.10 Å². The molecule has 3 aromatic heterocycles. The van der Waals surface area contributed by atoms with Crippen LogP contribution in [0.15, 0.2) is 26.3 Å². The van der Waals surface area contributed by atoms with E-state index in [2.05, 4.69) is 35.8 Å². The summed E-state index contributed by atoms with van der Waals surface area (Å²) in [5.74, 6) is 1.08. The molecule has 0 aromatic carbocycles. The van der Waals surface area contributed by atoms with E-state index < -0.39 is 5.91 Å². The van der Waals surface area contributed by atoms with Gasteiger partial charge in [-0.15, -0.1) is 5.10 Å². The van der Waals surface area contributed by atoms with Crippen LogP contribution >= 0.6 is 0 Å². The van der Waals surface area contributed by atoms with Gasteiger partial charge in [0.2, 0.25) is 11.6 Å². The van der Waals surface area contributed by atoms with Crippen LogP contribution in [0.3, 0.4) is 0 Å². The summed E-state index contributed by atoms with van der Waals surface area (Å²) in [4.78, 5) is 14.0. The predicted molar refractivity (Wildman–Crippen MR) is 100 cm³/mol. The number of nitrogen functional groups attached to an aromatic ring is 1. The molecule has 0 aliphatic carbocycles. The quantitative estimate of drug-likeness (QED) is 0.368. The monoisotopic (exact) mass is 400 g/mol. The molecular weight excluding hydrogens is 378 g/mol. The number of hydrogen-bond donors (Lipinski definition) is 3. The number of anilines is 1. The highest BCUT2D eigenvalue weighted by Crippen LogP contribution is 2.15. The van der Waals surface area contributed by atoms with Crippen LogP contribution in [0.5, 0.6) is 0 Å². The Morgan fingerprint density at radius 2 is 2.17 bits per heavy atom. The Morgan fingerprint density at radius 1 is 1.34 bits per heavy atom. The molecular formula is C17H22N9O3+. The Morgan fingerprint density at radius 3 is 2.86 bits per heavy atom. The van der Waals surface area contributed by atoms with E-state index in [0.717, 1.165) is 31.7 Å². The Bertz CT molecular complexity index is 1010. The lowest BCUT2D eigenvalue weighted by Crippen LogP contribution is -3.11. The van der Waals surface area contributed by atoms with Gasteiger partial charge in [-0.1, -0.05) is 5.21 Å². The molecule has 3 aromatic rings. The number of aryl methyl sites for hydroxylation is 1. The van der Waals surface area contributed by atoms with Crippen molar-refractivity contribution in [3.63, 3.8) is 0 Å². The number of nitrogens with zero attached hydrogens (tertiary/aromatic N) is 6. The van der Waals surface area contributed by atoms with E-state index in [1.807, 2.05) is 13.0 Å². The van der Waals surface area contributed by atoms with Crippen LogP contribution in [0.2, 0.25) is 0 Å². The summed E-state index contributed by atoms with van der Waals surface area (Å²) >= 11 is 0. The molecule has 29 heavy (non-hydrogen) atoms. The fourth-order valence-electron chi connectivity index (χ4n) is 3.34. The molecule has 4 heterocycles. The molecule has 0 radical (unpaired) electrons. The fourth-order valence-corrected chi connectivity index (χ4v) is 3.34. The summed E-state index contributed by atoms with van der Waals surface area (Å²) in [6.45, 7) is 4.39. The van der Waals surface area contributed by atoms with Crippen molar-refractivity contribution in [3.8, 4) is 5.82 Å². The number of aromatic nitrogens is 5. The zero-order valence-electron chi connectivity index (χ0n) is 16.0. The molecule has 4 rings (SSSR count). The van der Waals surface area contributed by atoms with Gasteiger partial charge in [0.05, 0.1) is 19.3 Å². The molecule has 1 fully saturated rings. The van der Waals surface area contributed by atoms with Crippen molar-refractivity contribution in [2.75, 3.05) is 18.8 Å². The number of likely N-dealkylation sites (tertiary alicyclic amines) is 1. The maximum absolute atomic E-state index is 12.7. The normalized spacial score (nSPS) is 15.2. The number of nitrogens with two attached hydrogens (primary N) is 1. The van der Waals surface area contributed by atoms with Crippen molar-refractivity contribution >= 4 is 17.9 Å². The zero-order chi connectivity index (χ0) is 20.2. The Balaban J connectivity index is 1.57. The summed E-state index contributed by atoms with van der Waals surface area (Å²) in [6.07, 6.45) is 4.91. The zero-order valence-corrected chi connectivity index (χ0v) is 16.0. The molecule has 12 heteroatoms. The van der Waals surface area contributed by atoms with Gasteiger partial charge >= 0.3 is 0 Å². The molecule has 12 nitrogen and oxygen atoms in total. The summed E-state index contributed by atoms with van der Waals surface area (Å²) < 4.78 is 11.5. The number of hydrogen-bond acceptors (Lipinski definition) is 9. The van der Waals surface area contributed by atoms with Crippen LogP contribution < -0.4 is 16.1 Å². The van der Waals surface area contributed by atoms with Crippen LogP contribution in [-0.2, 0) is 6.54 Å². The lowest BCUT2D eigenvalue weighted by atomic mass is 10.1. The van der Waals surface area contributed by atoms with E-state index in [0.29, 0.717) is 18.0 Å². The second-order valence-electron chi connectivity index (χ2n) is 6.90. The molecule has 0 saturated carbocycles. The summed E-state index contributed by atoms with van der Waals surface area (Å²) in [5, 5.41) is 19.4. The maximum atomic E-state index is 12.7. The standard InChI is InChI=1S/C17H21N9O3/c1-11-5-6-12(28-11)9-19-21-17(27)14-13(10-25-7-3-2-4-8-25)26(24-20-14)16-15(18)22-29-23-16/h5-6,9H,2-4,7-8,10H2,1H3,(H2,18,22)(H,21,27)/p+1/b19-9-. The van der Waals surface area contributed by atoms with Crippen molar-refractivity contribution in [1.82, 2.24) is 30.7 Å².